The van der Waals surface area contributed by atoms with Crippen LogP contribution < -0.4 is 10.7 Å². The second-order valence-corrected chi connectivity index (χ2v) is 6.32. The number of carbonyl (C=O) groups is 1. The van der Waals surface area contributed by atoms with Crippen LogP contribution in [0.4, 0.5) is 11.4 Å². The van der Waals surface area contributed by atoms with Crippen molar-refractivity contribution in [3.63, 3.8) is 0 Å². The summed E-state index contributed by atoms with van der Waals surface area (Å²) in [5, 5.41) is 49.9. The van der Waals surface area contributed by atoms with Crippen LogP contribution in [0.1, 0.15) is 13.8 Å². The summed E-state index contributed by atoms with van der Waals surface area (Å²) < 4.78 is 0. The molecule has 2 rings (SSSR count). The van der Waals surface area contributed by atoms with Gasteiger partial charge in [0.25, 0.3) is 0 Å². The van der Waals surface area contributed by atoms with Gasteiger partial charge in [-0.15, -0.1) is 5.23 Å². The molecule has 0 heterocycles. The molecule has 1 aliphatic rings. The quantitative estimate of drug-likeness (QED) is 0.421. The molecule has 27 heavy (non-hydrogen) atoms. The highest BCUT2D eigenvalue weighted by Gasteiger charge is 2.55. The van der Waals surface area contributed by atoms with E-state index in [2.05, 4.69) is 10.5 Å². The lowest BCUT2D eigenvalue weighted by atomic mass is 9.59. The molecule has 1 aliphatic carbocycles. The lowest BCUT2D eigenvalue weighted by Crippen LogP contribution is -2.45. The minimum absolute atomic E-state index is 0.0294. The molecule has 0 aromatic heterocycles. The lowest BCUT2D eigenvalue weighted by molar-refractivity contribution is -0.123. The average Bonchev–Trinajstić information content (AvgIpc) is 2.63. The first-order chi connectivity index (χ1) is 12.7. The number of nitrogens with one attached hydrogen (secondary N) is 1. The number of hydrogen-bond donors (Lipinski definition) is 3. The smallest absolute Gasteiger partial charge is 0.214 e. The molecule has 0 unspecified atom stereocenters. The van der Waals surface area contributed by atoms with Gasteiger partial charge in [-0.2, -0.15) is 15.6 Å². The molecular weight excluding hydrogens is 348 g/mol. The van der Waals surface area contributed by atoms with Crippen molar-refractivity contribution in [2.24, 2.45) is 15.9 Å². The van der Waals surface area contributed by atoms with Crippen LogP contribution in [0, 0.1) is 33.5 Å². The Kier molecular flexibility index (Phi) is 5.25. The fourth-order valence-electron chi connectivity index (χ4n) is 2.66. The van der Waals surface area contributed by atoms with Crippen LogP contribution in [-0.4, -0.2) is 28.3 Å². The summed E-state index contributed by atoms with van der Waals surface area (Å²) in [5.41, 5.74) is 0.138. The first-order valence-corrected chi connectivity index (χ1v) is 7.67. The Morgan fingerprint density at radius 2 is 1.81 bits per heavy atom. The highest BCUT2D eigenvalue weighted by molar-refractivity contribution is 6.19. The van der Waals surface area contributed by atoms with Gasteiger partial charge in [0.15, 0.2) is 0 Å². The zero-order valence-corrected chi connectivity index (χ0v) is 14.5. The maximum Gasteiger partial charge on any atom is 0.214 e. The molecule has 9 heteroatoms. The molecule has 0 amide bonds. The van der Waals surface area contributed by atoms with Crippen LogP contribution in [0.25, 0.3) is 5.41 Å². The third-order valence-electron chi connectivity index (χ3n) is 4.28. The molecule has 0 aliphatic heterocycles. The molecule has 0 radical (unpaired) electrons. The lowest BCUT2D eigenvalue weighted by Gasteiger charge is -2.37. The number of hydrazone groups is 1. The van der Waals surface area contributed by atoms with E-state index in [4.69, 9.17) is 10.4 Å². The topological polar surface area (TPSA) is 155 Å². The second kappa shape index (κ2) is 7.24. The third kappa shape index (κ3) is 3.34. The Hall–Kier alpha value is -3.75. The molecule has 136 valence electrons. The van der Waals surface area contributed by atoms with Crippen molar-refractivity contribution in [3.8, 4) is 12.1 Å². The van der Waals surface area contributed by atoms with E-state index in [1.54, 1.807) is 31.9 Å². The van der Waals surface area contributed by atoms with E-state index in [1.165, 1.54) is 36.6 Å². The van der Waals surface area contributed by atoms with Gasteiger partial charge in [0.05, 0.1) is 29.7 Å². The van der Waals surface area contributed by atoms with E-state index in [-0.39, 0.29) is 22.1 Å². The molecular formula is C18H15N6O3-. The Labute approximate surface area is 155 Å². The van der Waals surface area contributed by atoms with Crippen LogP contribution in [0.3, 0.4) is 0 Å². The number of nitriles is 2. The summed E-state index contributed by atoms with van der Waals surface area (Å²) >= 11 is 0. The van der Waals surface area contributed by atoms with Crippen molar-refractivity contribution < 1.29 is 15.2 Å². The third-order valence-corrected chi connectivity index (χ3v) is 4.28. The minimum atomic E-state index is -1.97. The maximum absolute atomic E-state index is 12.6. The summed E-state index contributed by atoms with van der Waals surface area (Å²) in [7, 11) is 0. The fraction of sp³-hybridized carbons (Fsp3) is 0.222. The van der Waals surface area contributed by atoms with E-state index in [0.29, 0.717) is 5.69 Å². The molecule has 9 nitrogen and oxygen atoms in total. The Balaban J connectivity index is 2.32. The van der Waals surface area contributed by atoms with Crippen LogP contribution in [0.15, 0.2) is 46.6 Å². The Morgan fingerprint density at radius 1 is 1.22 bits per heavy atom. The van der Waals surface area contributed by atoms with E-state index in [0.717, 1.165) is 0 Å². The van der Waals surface area contributed by atoms with E-state index >= 15 is 0 Å². The molecule has 0 atom stereocenters. The van der Waals surface area contributed by atoms with Crippen LogP contribution in [0.5, 0.6) is 0 Å². The number of allylic oxidation sites excluding steroid dienone is 3. The Morgan fingerprint density at radius 3 is 2.30 bits per heavy atom. The predicted molar refractivity (Wildman–Crippen MR) is 97.0 cm³/mol. The highest BCUT2D eigenvalue weighted by atomic mass is 16.8. The normalized spacial score (nSPS) is 17.5. The largest absolute Gasteiger partial charge is 0.763 e. The summed E-state index contributed by atoms with van der Waals surface area (Å²) in [6.45, 7) is 3.14. The number of anilines is 2. The summed E-state index contributed by atoms with van der Waals surface area (Å²) in [6.07, 6.45) is 2.76. The second-order valence-electron chi connectivity index (χ2n) is 6.32. The van der Waals surface area contributed by atoms with Crippen molar-refractivity contribution in [2.45, 2.75) is 13.8 Å². The maximum atomic E-state index is 12.6. The zero-order valence-electron chi connectivity index (χ0n) is 14.5. The van der Waals surface area contributed by atoms with Crippen LogP contribution >= 0.6 is 0 Å². The van der Waals surface area contributed by atoms with Gasteiger partial charge < -0.3 is 5.41 Å². The first kappa shape index (κ1) is 19.6. The van der Waals surface area contributed by atoms with Gasteiger partial charge in [0.2, 0.25) is 11.2 Å². The predicted octanol–water partition coefficient (Wildman–Crippen LogP) is 2.40. The highest BCUT2D eigenvalue weighted by Crippen LogP contribution is 2.46. The van der Waals surface area contributed by atoms with Crippen molar-refractivity contribution in [2.75, 3.05) is 10.7 Å². The number of Topliss-reactive ketones (excluding diaryl/α,β-unsaturated/α-hetero) is 1. The zero-order chi connectivity index (χ0) is 20.2. The molecule has 3 N–H and O–H groups in total. The molecule has 0 saturated heterocycles. The van der Waals surface area contributed by atoms with Crippen LogP contribution in [0.2, 0.25) is 0 Å². The number of nitrogens with zero attached hydrogens (tertiary/aromatic N) is 5. The number of rotatable bonds is 4. The van der Waals surface area contributed by atoms with Crippen molar-refractivity contribution in [1.29, 1.82) is 10.5 Å². The monoisotopic (exact) mass is 363 g/mol. The molecule has 0 fully saturated rings. The molecule has 1 aromatic carbocycles. The van der Waals surface area contributed by atoms with E-state index in [1.807, 2.05) is 0 Å². The fourth-order valence-corrected chi connectivity index (χ4v) is 2.66. The van der Waals surface area contributed by atoms with Crippen molar-refractivity contribution in [3.05, 3.63) is 46.9 Å². The van der Waals surface area contributed by atoms with Gasteiger partial charge in [-0.25, -0.2) is 0 Å². The molecule has 0 spiro atoms. The van der Waals surface area contributed by atoms with Gasteiger partial charge in [-0.3, -0.25) is 26.5 Å². The van der Waals surface area contributed by atoms with Gasteiger partial charge in [0, 0.05) is 16.6 Å². The number of hydrogen-bond acceptors (Lipinski definition) is 8. The Bertz CT molecular complexity index is 940. The van der Waals surface area contributed by atoms with Gasteiger partial charge >= 0.3 is 0 Å². The van der Waals surface area contributed by atoms with Gasteiger partial charge in [0.1, 0.15) is 0 Å². The number of ketones is 1. The summed E-state index contributed by atoms with van der Waals surface area (Å²) in [5.74, 6) is 0.902. The van der Waals surface area contributed by atoms with E-state index < -0.39 is 16.6 Å². The first-order valence-electron chi connectivity index (χ1n) is 7.67. The van der Waals surface area contributed by atoms with Gasteiger partial charge in [-0.1, -0.05) is 19.9 Å². The van der Waals surface area contributed by atoms with Crippen LogP contribution in [-0.2, 0) is 4.79 Å². The molecule has 1 aromatic rings. The summed E-state index contributed by atoms with van der Waals surface area (Å²) in [4.78, 5) is 12.6. The molecule has 0 saturated carbocycles. The van der Waals surface area contributed by atoms with Crippen molar-refractivity contribution >= 4 is 29.2 Å². The summed E-state index contributed by atoms with van der Waals surface area (Å²) in [6, 6.07) is 9.42. The van der Waals surface area contributed by atoms with Gasteiger partial charge in [-0.05, 0) is 24.3 Å². The standard InChI is InChI=1S/C18H15N6O3/c1-17(2)7-12(15(8-19)16(25)18(17,10-20)11-21)9-22-23-13-3-5-14(6-4-13)24(26)27/h3-7,9,23,26-27H,1-2H3/q-1. The number of carbonyl (C=O) groups excluding carboxylic acids is 1. The number of benzene rings is 1. The SMILES string of the molecule is CC1(C)C=C(C=NNc2ccc(N(O)O)cc2)C(=C=[N-])C(=O)C1(C#N)C#N. The average molecular weight is 363 g/mol. The van der Waals surface area contributed by atoms with Crippen molar-refractivity contribution in [1.82, 2.24) is 0 Å². The molecule has 0 bridgehead atoms. The minimum Gasteiger partial charge on any atom is -0.763 e. The van der Waals surface area contributed by atoms with E-state index in [9.17, 15) is 20.7 Å².